The first-order valence-corrected chi connectivity index (χ1v) is 7.57. The van der Waals surface area contributed by atoms with E-state index in [1.807, 2.05) is 61.2 Å². The zero-order valence-corrected chi connectivity index (χ0v) is 13.9. The maximum absolute atomic E-state index is 12.1. The standard InChI is InChI=1S/C15H13NO.C2H6O.C2H6/c17-15-14-9-5-4-8-13(14)11-16(15)10-12-6-2-1-3-7-12;1-3-2;1-2/h1-9H,10-11H2;1-2H3;1-2H3. The second kappa shape index (κ2) is 9.74. The van der Waals surface area contributed by atoms with Crippen LogP contribution in [0.1, 0.15) is 35.3 Å². The van der Waals surface area contributed by atoms with Crippen LogP contribution < -0.4 is 0 Å². The summed E-state index contributed by atoms with van der Waals surface area (Å²) in [5.74, 6) is 0.143. The minimum absolute atomic E-state index is 0.143. The Morgan fingerprint density at radius 1 is 0.955 bits per heavy atom. The van der Waals surface area contributed by atoms with Crippen molar-refractivity contribution in [3.05, 3.63) is 71.3 Å². The maximum atomic E-state index is 12.1. The van der Waals surface area contributed by atoms with Crippen LogP contribution in [0.15, 0.2) is 54.6 Å². The first-order valence-electron chi connectivity index (χ1n) is 7.57. The molecule has 22 heavy (non-hydrogen) atoms. The first-order chi connectivity index (χ1) is 10.8. The third-order valence-corrected chi connectivity index (χ3v) is 3.11. The predicted octanol–water partition coefficient (Wildman–Crippen LogP) is 4.13. The van der Waals surface area contributed by atoms with Crippen LogP contribution >= 0.6 is 0 Å². The fraction of sp³-hybridized carbons (Fsp3) is 0.316. The average Bonchev–Trinajstić information content (AvgIpc) is 2.88. The van der Waals surface area contributed by atoms with Crippen molar-refractivity contribution in [3.63, 3.8) is 0 Å². The summed E-state index contributed by atoms with van der Waals surface area (Å²) < 4.78 is 4.25. The number of fused-ring (bicyclic) bond motifs is 1. The lowest BCUT2D eigenvalue weighted by Crippen LogP contribution is -2.23. The number of ether oxygens (including phenoxy) is 1. The molecule has 0 saturated carbocycles. The van der Waals surface area contributed by atoms with Crippen molar-refractivity contribution in [2.75, 3.05) is 14.2 Å². The van der Waals surface area contributed by atoms with E-state index in [1.165, 1.54) is 5.56 Å². The van der Waals surface area contributed by atoms with Gasteiger partial charge in [0.25, 0.3) is 5.91 Å². The highest BCUT2D eigenvalue weighted by atomic mass is 16.4. The number of carbonyl (C=O) groups excluding carboxylic acids is 1. The largest absolute Gasteiger partial charge is 0.388 e. The highest BCUT2D eigenvalue weighted by Crippen LogP contribution is 2.23. The average molecular weight is 299 g/mol. The van der Waals surface area contributed by atoms with E-state index in [1.54, 1.807) is 14.2 Å². The fourth-order valence-electron chi connectivity index (χ4n) is 2.25. The third kappa shape index (κ3) is 4.71. The van der Waals surface area contributed by atoms with E-state index in [2.05, 4.69) is 16.9 Å². The van der Waals surface area contributed by atoms with Gasteiger partial charge in [-0.25, -0.2) is 0 Å². The lowest BCUT2D eigenvalue weighted by molar-refractivity contribution is 0.0766. The molecule has 0 aliphatic carbocycles. The molecule has 2 aromatic rings. The molecule has 0 unspecified atom stereocenters. The van der Waals surface area contributed by atoms with Crippen LogP contribution in [0.3, 0.4) is 0 Å². The van der Waals surface area contributed by atoms with Crippen LogP contribution in [0.5, 0.6) is 0 Å². The number of nitrogens with zero attached hydrogens (tertiary/aromatic N) is 1. The molecule has 0 atom stereocenters. The molecule has 3 nitrogen and oxygen atoms in total. The molecule has 1 aliphatic rings. The van der Waals surface area contributed by atoms with Gasteiger partial charge in [0.05, 0.1) is 0 Å². The molecule has 2 aromatic carbocycles. The summed E-state index contributed by atoms with van der Waals surface area (Å²) >= 11 is 0. The Balaban J connectivity index is 0.000000435. The van der Waals surface area contributed by atoms with Gasteiger partial charge < -0.3 is 9.64 Å². The molecular formula is C19H25NO2. The zero-order chi connectivity index (χ0) is 16.4. The number of hydrogen-bond acceptors (Lipinski definition) is 2. The topological polar surface area (TPSA) is 29.5 Å². The molecule has 0 saturated heterocycles. The summed E-state index contributed by atoms with van der Waals surface area (Å²) in [5, 5.41) is 0. The van der Waals surface area contributed by atoms with Gasteiger partial charge in [0, 0.05) is 32.9 Å². The van der Waals surface area contributed by atoms with Gasteiger partial charge in [-0.2, -0.15) is 0 Å². The Hall–Kier alpha value is -2.13. The van der Waals surface area contributed by atoms with E-state index in [4.69, 9.17) is 0 Å². The van der Waals surface area contributed by atoms with Crippen LogP contribution in [0.25, 0.3) is 0 Å². The number of benzene rings is 2. The molecule has 1 amide bonds. The second-order valence-corrected chi connectivity index (χ2v) is 4.71. The molecule has 0 radical (unpaired) electrons. The Morgan fingerprint density at radius 2 is 1.50 bits per heavy atom. The van der Waals surface area contributed by atoms with E-state index in [0.29, 0.717) is 6.54 Å². The van der Waals surface area contributed by atoms with E-state index < -0.39 is 0 Å². The molecule has 0 N–H and O–H groups in total. The SMILES string of the molecule is CC.COC.O=C1c2ccccc2CN1Cc1ccccc1. The fourth-order valence-corrected chi connectivity index (χ4v) is 2.25. The Bertz CT molecular complexity index is 567. The van der Waals surface area contributed by atoms with Crippen molar-refractivity contribution in [2.45, 2.75) is 26.9 Å². The van der Waals surface area contributed by atoms with E-state index in [9.17, 15) is 4.79 Å². The number of amides is 1. The summed E-state index contributed by atoms with van der Waals surface area (Å²) in [5.41, 5.74) is 3.16. The van der Waals surface area contributed by atoms with Gasteiger partial charge in [-0.1, -0.05) is 62.4 Å². The number of rotatable bonds is 2. The maximum Gasteiger partial charge on any atom is 0.254 e. The molecular weight excluding hydrogens is 274 g/mol. The Kier molecular flexibility index (Phi) is 7.94. The lowest BCUT2D eigenvalue weighted by Gasteiger charge is -2.15. The van der Waals surface area contributed by atoms with Gasteiger partial charge in [0.1, 0.15) is 0 Å². The molecule has 1 heterocycles. The highest BCUT2D eigenvalue weighted by molar-refractivity contribution is 5.98. The number of methoxy groups -OCH3 is 1. The van der Waals surface area contributed by atoms with Crippen molar-refractivity contribution >= 4 is 5.91 Å². The molecule has 1 aliphatic heterocycles. The molecule has 0 aromatic heterocycles. The lowest BCUT2D eigenvalue weighted by atomic mass is 10.1. The van der Waals surface area contributed by atoms with Crippen molar-refractivity contribution in [3.8, 4) is 0 Å². The van der Waals surface area contributed by atoms with Crippen LogP contribution in [-0.2, 0) is 17.8 Å². The van der Waals surface area contributed by atoms with E-state index in [-0.39, 0.29) is 5.91 Å². The Morgan fingerprint density at radius 3 is 2.09 bits per heavy atom. The monoisotopic (exact) mass is 299 g/mol. The van der Waals surface area contributed by atoms with Crippen LogP contribution in [0.4, 0.5) is 0 Å². The van der Waals surface area contributed by atoms with E-state index in [0.717, 1.165) is 17.7 Å². The quantitative estimate of drug-likeness (QED) is 0.834. The normalized spacial score (nSPS) is 11.8. The molecule has 3 rings (SSSR count). The van der Waals surface area contributed by atoms with Gasteiger partial charge >= 0.3 is 0 Å². The zero-order valence-electron chi connectivity index (χ0n) is 13.9. The molecule has 0 bridgehead atoms. The summed E-state index contributed by atoms with van der Waals surface area (Å²) in [6, 6.07) is 17.9. The highest BCUT2D eigenvalue weighted by Gasteiger charge is 2.26. The molecule has 0 spiro atoms. The van der Waals surface area contributed by atoms with Gasteiger partial charge in [0.15, 0.2) is 0 Å². The summed E-state index contributed by atoms with van der Waals surface area (Å²) in [4.78, 5) is 14.0. The molecule has 3 heteroatoms. The third-order valence-electron chi connectivity index (χ3n) is 3.11. The molecule has 0 fully saturated rings. The smallest absolute Gasteiger partial charge is 0.254 e. The van der Waals surface area contributed by atoms with Crippen molar-refractivity contribution in [2.24, 2.45) is 0 Å². The predicted molar refractivity (Wildman–Crippen MR) is 90.7 cm³/mol. The molecule has 118 valence electrons. The van der Waals surface area contributed by atoms with Gasteiger partial charge in [-0.3, -0.25) is 4.79 Å². The second-order valence-electron chi connectivity index (χ2n) is 4.71. The van der Waals surface area contributed by atoms with Crippen LogP contribution in [0, 0.1) is 0 Å². The van der Waals surface area contributed by atoms with Gasteiger partial charge in [0.2, 0.25) is 0 Å². The van der Waals surface area contributed by atoms with Crippen molar-refractivity contribution < 1.29 is 9.53 Å². The minimum atomic E-state index is 0.143. The van der Waals surface area contributed by atoms with Gasteiger partial charge in [-0.05, 0) is 17.2 Å². The van der Waals surface area contributed by atoms with Crippen LogP contribution in [0.2, 0.25) is 0 Å². The van der Waals surface area contributed by atoms with E-state index >= 15 is 0 Å². The van der Waals surface area contributed by atoms with Crippen LogP contribution in [-0.4, -0.2) is 25.0 Å². The summed E-state index contributed by atoms with van der Waals surface area (Å²) in [6.45, 7) is 5.41. The number of carbonyl (C=O) groups is 1. The van der Waals surface area contributed by atoms with Crippen molar-refractivity contribution in [1.82, 2.24) is 4.90 Å². The Labute approximate surface area is 133 Å². The number of hydrogen-bond donors (Lipinski definition) is 0. The van der Waals surface area contributed by atoms with Crippen molar-refractivity contribution in [1.29, 1.82) is 0 Å². The van der Waals surface area contributed by atoms with Gasteiger partial charge in [-0.15, -0.1) is 0 Å². The minimum Gasteiger partial charge on any atom is -0.388 e. The summed E-state index contributed by atoms with van der Waals surface area (Å²) in [6.07, 6.45) is 0. The first kappa shape index (κ1) is 17.9. The summed E-state index contributed by atoms with van der Waals surface area (Å²) in [7, 11) is 3.25.